The van der Waals surface area contributed by atoms with Crippen LogP contribution >= 0.6 is 0 Å². The molecule has 2 saturated heterocycles. The number of alkyl halides is 6. The van der Waals surface area contributed by atoms with Crippen LogP contribution in [0.2, 0.25) is 0 Å². The van der Waals surface area contributed by atoms with Gasteiger partial charge in [0.15, 0.2) is 0 Å². The number of carbonyl (C=O) groups excluding carboxylic acids is 2. The molecule has 46 heavy (non-hydrogen) atoms. The number of halogens is 6. The van der Waals surface area contributed by atoms with Gasteiger partial charge in [0, 0.05) is 35.8 Å². The maximum Gasteiger partial charge on any atom is 0.416 e. The van der Waals surface area contributed by atoms with Crippen LogP contribution in [-0.2, 0) is 18.8 Å². The first-order valence-corrected chi connectivity index (χ1v) is 15.2. The van der Waals surface area contributed by atoms with Crippen molar-refractivity contribution in [1.29, 1.82) is 0 Å². The van der Waals surface area contributed by atoms with E-state index in [1.807, 2.05) is 36.5 Å². The Labute approximate surface area is 262 Å². The highest BCUT2D eigenvalue weighted by atomic mass is 19.4. The van der Waals surface area contributed by atoms with E-state index >= 15 is 0 Å². The summed E-state index contributed by atoms with van der Waals surface area (Å²) in [4.78, 5) is 30.8. The summed E-state index contributed by atoms with van der Waals surface area (Å²) < 4.78 is 87.2. The molecular weight excluding hydrogens is 612 g/mol. The van der Waals surface area contributed by atoms with Crippen molar-refractivity contribution in [2.75, 3.05) is 19.6 Å². The van der Waals surface area contributed by atoms with Crippen LogP contribution in [0.1, 0.15) is 63.1 Å². The number of benzene rings is 2. The topological polar surface area (TPSA) is 65.8 Å². The molecule has 1 N–H and O–H groups in total. The molecule has 6 nitrogen and oxygen atoms in total. The van der Waals surface area contributed by atoms with E-state index in [0.29, 0.717) is 37.0 Å². The highest BCUT2D eigenvalue weighted by molar-refractivity contribution is 5.96. The van der Waals surface area contributed by atoms with Gasteiger partial charge in [0.2, 0.25) is 0 Å². The highest BCUT2D eigenvalue weighted by Gasteiger charge is 2.51. The molecule has 6 rings (SSSR count). The van der Waals surface area contributed by atoms with Crippen molar-refractivity contribution in [2.24, 2.45) is 11.3 Å². The van der Waals surface area contributed by atoms with Gasteiger partial charge in [-0.2, -0.15) is 26.3 Å². The van der Waals surface area contributed by atoms with Gasteiger partial charge in [0.25, 0.3) is 11.8 Å². The standard InChI is InChI=1S/C34H33F6N3O3/c35-33(36,37)26-17-25(18-27(20-26)34(38,39)40)31(45)42-13-6-23(19-28(42)16-22-4-2-1-3-5-22)29-32(8-11-41-12-9-32)10-14-43(29)30(44)24-7-15-46-21-24/h1-5,7,10,14-15,17-18,20-21,23,28-29,41H,6,8-9,11-13,16,19H2/t23-,28-,29?/m0/s1. The van der Waals surface area contributed by atoms with E-state index in [-0.39, 0.29) is 35.9 Å². The van der Waals surface area contributed by atoms with Gasteiger partial charge in [-0.05, 0) is 80.9 Å². The number of amides is 2. The molecule has 12 heteroatoms. The van der Waals surface area contributed by atoms with Crippen molar-refractivity contribution in [3.63, 3.8) is 0 Å². The molecule has 1 unspecified atom stereocenters. The molecule has 2 fully saturated rings. The van der Waals surface area contributed by atoms with Crippen molar-refractivity contribution >= 4 is 11.8 Å². The molecule has 0 saturated carbocycles. The van der Waals surface area contributed by atoms with Gasteiger partial charge in [0.05, 0.1) is 23.0 Å². The summed E-state index contributed by atoms with van der Waals surface area (Å²) in [5.41, 5.74) is -2.76. The minimum absolute atomic E-state index is 0.0294. The van der Waals surface area contributed by atoms with Crippen LogP contribution in [0.3, 0.4) is 0 Å². The normalized spacial score (nSPS) is 23.2. The fraction of sp³-hybridized carbons (Fsp3) is 0.412. The maximum absolute atomic E-state index is 13.9. The van der Waals surface area contributed by atoms with E-state index in [9.17, 15) is 35.9 Å². The van der Waals surface area contributed by atoms with Gasteiger partial charge < -0.3 is 19.5 Å². The molecule has 244 valence electrons. The van der Waals surface area contributed by atoms with E-state index in [1.165, 1.54) is 17.4 Å². The van der Waals surface area contributed by atoms with Crippen LogP contribution in [0, 0.1) is 11.3 Å². The smallest absolute Gasteiger partial charge is 0.416 e. The maximum atomic E-state index is 13.9. The predicted molar refractivity (Wildman–Crippen MR) is 156 cm³/mol. The van der Waals surface area contributed by atoms with Gasteiger partial charge >= 0.3 is 12.4 Å². The van der Waals surface area contributed by atoms with Crippen molar-refractivity contribution in [3.05, 3.63) is 107 Å². The summed E-state index contributed by atoms with van der Waals surface area (Å²) in [7, 11) is 0. The quantitative estimate of drug-likeness (QED) is 0.299. The number of nitrogens with one attached hydrogen (secondary N) is 1. The van der Waals surface area contributed by atoms with E-state index in [1.54, 1.807) is 11.0 Å². The predicted octanol–water partition coefficient (Wildman–Crippen LogP) is 7.19. The molecule has 3 aliphatic heterocycles. The zero-order valence-electron chi connectivity index (χ0n) is 24.8. The third-order valence-electron chi connectivity index (χ3n) is 9.61. The summed E-state index contributed by atoms with van der Waals surface area (Å²) in [6, 6.07) is 11.1. The van der Waals surface area contributed by atoms with Gasteiger partial charge in [-0.1, -0.05) is 36.4 Å². The first-order valence-electron chi connectivity index (χ1n) is 15.2. The lowest BCUT2D eigenvalue weighted by atomic mass is 9.66. The van der Waals surface area contributed by atoms with Crippen LogP contribution < -0.4 is 5.32 Å². The number of hydrogen-bond donors (Lipinski definition) is 1. The minimum Gasteiger partial charge on any atom is -0.472 e. The van der Waals surface area contributed by atoms with Crippen LogP contribution in [0.4, 0.5) is 26.3 Å². The number of likely N-dealkylation sites (tertiary alicyclic amines) is 1. The fourth-order valence-electron chi connectivity index (χ4n) is 7.44. The van der Waals surface area contributed by atoms with Gasteiger partial charge in [-0.25, -0.2) is 0 Å². The van der Waals surface area contributed by atoms with Gasteiger partial charge in [-0.15, -0.1) is 0 Å². The van der Waals surface area contributed by atoms with Crippen LogP contribution in [-0.4, -0.2) is 53.3 Å². The number of hydrogen-bond acceptors (Lipinski definition) is 4. The number of nitrogens with zero attached hydrogens (tertiary/aromatic N) is 2. The Morgan fingerprint density at radius 2 is 1.57 bits per heavy atom. The Hall–Kier alpha value is -4.06. The van der Waals surface area contributed by atoms with Crippen LogP contribution in [0.5, 0.6) is 0 Å². The summed E-state index contributed by atoms with van der Waals surface area (Å²) in [5.74, 6) is -1.20. The monoisotopic (exact) mass is 645 g/mol. The van der Waals surface area contributed by atoms with Crippen molar-refractivity contribution < 1.29 is 40.3 Å². The lowest BCUT2D eigenvalue weighted by Gasteiger charge is -2.49. The summed E-state index contributed by atoms with van der Waals surface area (Å²) in [5, 5.41) is 3.38. The van der Waals surface area contributed by atoms with Crippen LogP contribution in [0.15, 0.2) is 83.8 Å². The van der Waals surface area contributed by atoms with E-state index in [0.717, 1.165) is 31.5 Å². The lowest BCUT2D eigenvalue weighted by molar-refractivity contribution is -0.143. The van der Waals surface area contributed by atoms with E-state index in [2.05, 4.69) is 11.4 Å². The second-order valence-corrected chi connectivity index (χ2v) is 12.4. The second-order valence-electron chi connectivity index (χ2n) is 12.4. The molecule has 0 radical (unpaired) electrons. The molecule has 2 amide bonds. The molecule has 3 aliphatic rings. The molecular formula is C34H33F6N3O3. The molecule has 0 aliphatic carbocycles. The first-order chi connectivity index (χ1) is 21.9. The Balaban J connectivity index is 1.35. The SMILES string of the molecule is O=C(c1ccoc1)N1C=CC2(CCNCC2)C1[C@H]1CCN(C(=O)c2cc(C(F)(F)F)cc(C(F)(F)F)c2)[C@@H](Cc2ccccc2)C1. The van der Waals surface area contributed by atoms with Gasteiger partial charge in [-0.3, -0.25) is 9.59 Å². The Kier molecular flexibility index (Phi) is 8.51. The van der Waals surface area contributed by atoms with Crippen LogP contribution in [0.25, 0.3) is 0 Å². The average Bonchev–Trinajstić information content (AvgIpc) is 3.69. The second kappa shape index (κ2) is 12.3. The number of piperidine rings is 2. The first kappa shape index (κ1) is 31.9. The molecule has 0 bridgehead atoms. The van der Waals surface area contributed by atoms with E-state index in [4.69, 9.17) is 4.42 Å². The zero-order chi connectivity index (χ0) is 32.7. The van der Waals surface area contributed by atoms with Crippen molar-refractivity contribution in [3.8, 4) is 0 Å². The molecule has 1 aromatic heterocycles. The van der Waals surface area contributed by atoms with Crippen molar-refractivity contribution in [2.45, 2.75) is 56.5 Å². The number of rotatable bonds is 5. The minimum atomic E-state index is -5.07. The number of furan rings is 1. The molecule has 3 aromatic rings. The average molecular weight is 646 g/mol. The summed E-state index contributed by atoms with van der Waals surface area (Å²) >= 11 is 0. The third kappa shape index (κ3) is 6.31. The Morgan fingerprint density at radius 1 is 0.891 bits per heavy atom. The lowest BCUT2D eigenvalue weighted by Crippen LogP contribution is -2.56. The highest BCUT2D eigenvalue weighted by Crippen LogP contribution is 2.49. The van der Waals surface area contributed by atoms with Crippen molar-refractivity contribution in [1.82, 2.24) is 15.1 Å². The molecule has 2 aromatic carbocycles. The van der Waals surface area contributed by atoms with E-state index < -0.39 is 41.0 Å². The third-order valence-corrected chi connectivity index (χ3v) is 9.61. The van der Waals surface area contributed by atoms with Gasteiger partial charge in [0.1, 0.15) is 6.26 Å². The Morgan fingerprint density at radius 3 is 2.17 bits per heavy atom. The molecule has 4 heterocycles. The molecule has 1 spiro atoms. The summed E-state index contributed by atoms with van der Waals surface area (Å²) in [6.45, 7) is 1.63. The number of carbonyl (C=O) groups is 2. The summed E-state index contributed by atoms with van der Waals surface area (Å²) in [6.07, 6.45) is -0.651. The Bertz CT molecular complexity index is 1550. The molecule has 3 atom stereocenters. The largest absolute Gasteiger partial charge is 0.472 e. The zero-order valence-corrected chi connectivity index (χ0v) is 24.8. The fourth-order valence-corrected chi connectivity index (χ4v) is 7.44.